The summed E-state index contributed by atoms with van der Waals surface area (Å²) in [6, 6.07) is 3.70. The van der Waals surface area contributed by atoms with E-state index in [0.29, 0.717) is 37.4 Å². The van der Waals surface area contributed by atoms with Crippen molar-refractivity contribution in [3.63, 3.8) is 0 Å². The SMILES string of the molecule is Cc1occc1C(=O)N1CC[C@]2(CC(=O)N(c3ccsc3)C2)C1. The molecule has 0 bridgehead atoms. The first-order valence-corrected chi connectivity index (χ1v) is 8.68. The third kappa shape index (κ3) is 2.37. The molecule has 0 radical (unpaired) electrons. The van der Waals surface area contributed by atoms with Crippen molar-refractivity contribution in [2.24, 2.45) is 5.41 Å². The second-order valence-electron chi connectivity index (χ2n) is 6.51. The Hall–Kier alpha value is -2.08. The number of anilines is 1. The Kier molecular flexibility index (Phi) is 3.30. The number of thiophene rings is 1. The number of hydrogen-bond acceptors (Lipinski definition) is 4. The van der Waals surface area contributed by atoms with Crippen molar-refractivity contribution in [3.05, 3.63) is 40.5 Å². The van der Waals surface area contributed by atoms with Gasteiger partial charge < -0.3 is 14.2 Å². The van der Waals surface area contributed by atoms with Gasteiger partial charge >= 0.3 is 0 Å². The summed E-state index contributed by atoms with van der Waals surface area (Å²) in [7, 11) is 0. The molecule has 1 spiro atoms. The van der Waals surface area contributed by atoms with E-state index in [2.05, 4.69) is 0 Å². The number of amides is 2. The first-order chi connectivity index (χ1) is 11.1. The van der Waals surface area contributed by atoms with Crippen LogP contribution in [0.15, 0.2) is 33.6 Å². The number of nitrogens with zero attached hydrogens (tertiary/aromatic N) is 2. The molecule has 23 heavy (non-hydrogen) atoms. The van der Waals surface area contributed by atoms with E-state index < -0.39 is 0 Å². The average Bonchev–Trinajstić information content (AvgIpc) is 3.28. The fourth-order valence-electron chi connectivity index (χ4n) is 3.70. The van der Waals surface area contributed by atoms with Crippen LogP contribution in [0.1, 0.15) is 29.0 Å². The zero-order valence-electron chi connectivity index (χ0n) is 12.9. The van der Waals surface area contributed by atoms with Gasteiger partial charge in [0.05, 0.1) is 17.5 Å². The minimum absolute atomic E-state index is 0.00885. The van der Waals surface area contributed by atoms with E-state index >= 15 is 0 Å². The molecule has 1 atom stereocenters. The first-order valence-electron chi connectivity index (χ1n) is 7.74. The Bertz CT molecular complexity index is 752. The number of hydrogen-bond donors (Lipinski definition) is 0. The standard InChI is InChI=1S/C17H18N2O3S/c1-12-14(2-6-22-12)16(21)18-5-4-17(10-18)8-15(20)19(11-17)13-3-7-23-9-13/h2-3,6-7,9H,4-5,8,10-11H2,1H3/t17-/m0/s1. The van der Waals surface area contributed by atoms with Crippen molar-refractivity contribution in [1.82, 2.24) is 4.90 Å². The highest BCUT2D eigenvalue weighted by Crippen LogP contribution is 2.42. The molecule has 2 aromatic heterocycles. The minimum atomic E-state index is -0.105. The Labute approximate surface area is 138 Å². The second kappa shape index (κ2) is 5.23. The molecule has 6 heteroatoms. The second-order valence-corrected chi connectivity index (χ2v) is 7.29. The first kappa shape index (κ1) is 14.5. The highest BCUT2D eigenvalue weighted by atomic mass is 32.1. The summed E-state index contributed by atoms with van der Waals surface area (Å²) < 4.78 is 5.24. The average molecular weight is 330 g/mol. The molecular formula is C17H18N2O3S. The van der Waals surface area contributed by atoms with Crippen molar-refractivity contribution in [1.29, 1.82) is 0 Å². The number of aryl methyl sites for hydroxylation is 1. The number of rotatable bonds is 2. The van der Waals surface area contributed by atoms with Gasteiger partial charge in [-0.1, -0.05) is 0 Å². The third-order valence-corrected chi connectivity index (χ3v) is 5.62. The zero-order valence-corrected chi connectivity index (χ0v) is 13.8. The number of likely N-dealkylation sites (tertiary alicyclic amines) is 1. The smallest absolute Gasteiger partial charge is 0.257 e. The number of carbonyl (C=O) groups excluding carboxylic acids is 2. The van der Waals surface area contributed by atoms with Crippen LogP contribution in [-0.2, 0) is 4.79 Å². The summed E-state index contributed by atoms with van der Waals surface area (Å²) in [6.45, 7) is 3.85. The maximum atomic E-state index is 12.6. The molecule has 0 aliphatic carbocycles. The number of furan rings is 1. The van der Waals surface area contributed by atoms with Gasteiger partial charge in [-0.2, -0.15) is 11.3 Å². The Morgan fingerprint density at radius 3 is 2.91 bits per heavy atom. The molecule has 2 amide bonds. The van der Waals surface area contributed by atoms with E-state index in [1.54, 1.807) is 30.6 Å². The maximum absolute atomic E-state index is 12.6. The minimum Gasteiger partial charge on any atom is -0.469 e. The summed E-state index contributed by atoms with van der Waals surface area (Å²) in [5.74, 6) is 0.824. The molecule has 4 rings (SSSR count). The van der Waals surface area contributed by atoms with Gasteiger partial charge in [-0.3, -0.25) is 9.59 Å². The summed E-state index contributed by atoms with van der Waals surface area (Å²) >= 11 is 1.60. The molecular weight excluding hydrogens is 312 g/mol. The van der Waals surface area contributed by atoms with Gasteiger partial charge in [0.2, 0.25) is 5.91 Å². The van der Waals surface area contributed by atoms with Crippen LogP contribution >= 0.6 is 11.3 Å². The molecule has 0 aromatic carbocycles. The largest absolute Gasteiger partial charge is 0.469 e. The van der Waals surface area contributed by atoms with E-state index in [1.165, 1.54) is 0 Å². The molecule has 2 aromatic rings. The molecule has 2 aliphatic rings. The molecule has 0 unspecified atom stereocenters. The topological polar surface area (TPSA) is 53.8 Å². The summed E-state index contributed by atoms with van der Waals surface area (Å²) in [6.07, 6.45) is 2.95. The van der Waals surface area contributed by atoms with Crippen molar-refractivity contribution in [2.75, 3.05) is 24.5 Å². The highest BCUT2D eigenvalue weighted by molar-refractivity contribution is 7.08. The van der Waals surface area contributed by atoms with Crippen LogP contribution in [-0.4, -0.2) is 36.3 Å². The third-order valence-electron chi connectivity index (χ3n) is 4.95. The van der Waals surface area contributed by atoms with Crippen LogP contribution in [0.25, 0.3) is 0 Å². The van der Waals surface area contributed by atoms with Gasteiger partial charge in [-0.25, -0.2) is 0 Å². The molecule has 2 fully saturated rings. The molecule has 2 aliphatic heterocycles. The highest BCUT2D eigenvalue weighted by Gasteiger charge is 2.49. The van der Waals surface area contributed by atoms with Crippen molar-refractivity contribution in [2.45, 2.75) is 19.8 Å². The maximum Gasteiger partial charge on any atom is 0.257 e. The van der Waals surface area contributed by atoms with Crippen LogP contribution < -0.4 is 4.90 Å². The zero-order chi connectivity index (χ0) is 16.0. The summed E-state index contributed by atoms with van der Waals surface area (Å²) in [5, 5.41) is 3.99. The van der Waals surface area contributed by atoms with Crippen LogP contribution in [0.5, 0.6) is 0 Å². The van der Waals surface area contributed by atoms with Gasteiger partial charge in [-0.15, -0.1) is 0 Å². The Balaban J connectivity index is 1.51. The lowest BCUT2D eigenvalue weighted by Crippen LogP contribution is -2.34. The lowest BCUT2D eigenvalue weighted by molar-refractivity contribution is -0.117. The van der Waals surface area contributed by atoms with Crippen LogP contribution in [0.3, 0.4) is 0 Å². The van der Waals surface area contributed by atoms with Crippen molar-refractivity contribution < 1.29 is 14.0 Å². The van der Waals surface area contributed by atoms with Crippen LogP contribution in [0, 0.1) is 12.3 Å². The molecule has 5 nitrogen and oxygen atoms in total. The monoisotopic (exact) mass is 330 g/mol. The lowest BCUT2D eigenvalue weighted by atomic mass is 9.86. The van der Waals surface area contributed by atoms with Crippen LogP contribution in [0.4, 0.5) is 5.69 Å². The van der Waals surface area contributed by atoms with Crippen molar-refractivity contribution in [3.8, 4) is 0 Å². The van der Waals surface area contributed by atoms with Gasteiger partial charge in [-0.05, 0) is 30.9 Å². The van der Waals surface area contributed by atoms with Gasteiger partial charge in [0.25, 0.3) is 5.91 Å². The van der Waals surface area contributed by atoms with E-state index in [4.69, 9.17) is 4.42 Å². The normalized spacial score (nSPS) is 24.1. The Morgan fingerprint density at radius 1 is 1.35 bits per heavy atom. The van der Waals surface area contributed by atoms with Crippen LogP contribution in [0.2, 0.25) is 0 Å². The van der Waals surface area contributed by atoms with Gasteiger partial charge in [0, 0.05) is 36.9 Å². The van der Waals surface area contributed by atoms with E-state index in [1.807, 2.05) is 26.6 Å². The summed E-state index contributed by atoms with van der Waals surface area (Å²) in [5.41, 5.74) is 1.50. The van der Waals surface area contributed by atoms with Crippen molar-refractivity contribution >= 4 is 28.8 Å². The lowest BCUT2D eigenvalue weighted by Gasteiger charge is -2.23. The fourth-order valence-corrected chi connectivity index (χ4v) is 4.34. The van der Waals surface area contributed by atoms with E-state index in [0.717, 1.165) is 12.1 Å². The van der Waals surface area contributed by atoms with Gasteiger partial charge in [0.15, 0.2) is 0 Å². The van der Waals surface area contributed by atoms with E-state index in [9.17, 15) is 9.59 Å². The molecule has 0 saturated carbocycles. The quantitative estimate of drug-likeness (QED) is 0.851. The molecule has 120 valence electrons. The molecule has 4 heterocycles. The van der Waals surface area contributed by atoms with E-state index in [-0.39, 0.29) is 17.2 Å². The Morgan fingerprint density at radius 2 is 2.22 bits per heavy atom. The van der Waals surface area contributed by atoms with Gasteiger partial charge in [0.1, 0.15) is 5.76 Å². The number of carbonyl (C=O) groups is 2. The molecule has 0 N–H and O–H groups in total. The summed E-state index contributed by atoms with van der Waals surface area (Å²) in [4.78, 5) is 28.8. The predicted molar refractivity (Wildman–Crippen MR) is 87.7 cm³/mol. The molecule has 2 saturated heterocycles. The predicted octanol–water partition coefficient (Wildman–Crippen LogP) is 2.92. The fraction of sp³-hybridized carbons (Fsp3) is 0.412.